The summed E-state index contributed by atoms with van der Waals surface area (Å²) in [5, 5.41) is 9.45. The Morgan fingerprint density at radius 1 is 1.00 bits per heavy atom. The van der Waals surface area contributed by atoms with E-state index in [0.717, 1.165) is 86.7 Å². The Labute approximate surface area is 265 Å². The number of benzene rings is 2. The van der Waals surface area contributed by atoms with Crippen LogP contribution in [-0.4, -0.2) is 72.1 Å². The maximum Gasteiger partial charge on any atom is 0.323 e. The third-order valence-corrected chi connectivity index (χ3v) is 9.32. The molecule has 3 N–H and O–H groups in total. The van der Waals surface area contributed by atoms with Gasteiger partial charge in [-0.3, -0.25) is 0 Å². The Kier molecular flexibility index (Phi) is 8.58. The van der Waals surface area contributed by atoms with E-state index in [1.807, 2.05) is 30.5 Å². The summed E-state index contributed by atoms with van der Waals surface area (Å²) in [6.07, 6.45) is 17.3. The van der Waals surface area contributed by atoms with Crippen LogP contribution in [0.4, 0.5) is 16.4 Å². The van der Waals surface area contributed by atoms with Gasteiger partial charge in [-0.2, -0.15) is 0 Å². The van der Waals surface area contributed by atoms with Crippen molar-refractivity contribution in [3.63, 3.8) is 0 Å². The van der Waals surface area contributed by atoms with Crippen molar-refractivity contribution in [3.8, 4) is 11.3 Å². The van der Waals surface area contributed by atoms with Crippen LogP contribution in [0.5, 0.6) is 0 Å². The Balaban J connectivity index is 0.977. The number of aromatic nitrogens is 2. The van der Waals surface area contributed by atoms with E-state index < -0.39 is 0 Å². The third-order valence-electron chi connectivity index (χ3n) is 9.32. The summed E-state index contributed by atoms with van der Waals surface area (Å²) in [5.41, 5.74) is 8.62. The zero-order chi connectivity index (χ0) is 30.6. The van der Waals surface area contributed by atoms with E-state index in [2.05, 4.69) is 93.5 Å². The average Bonchev–Trinajstić information content (AvgIpc) is 3.07. The van der Waals surface area contributed by atoms with Gasteiger partial charge in [0.05, 0.1) is 5.69 Å². The molecule has 2 atom stereocenters. The van der Waals surface area contributed by atoms with Crippen molar-refractivity contribution in [1.82, 2.24) is 25.1 Å². The lowest BCUT2D eigenvalue weighted by atomic mass is 9.78. The van der Waals surface area contributed by atoms with Crippen molar-refractivity contribution in [3.05, 3.63) is 119 Å². The highest BCUT2D eigenvalue weighted by molar-refractivity contribution is 5.90. The van der Waals surface area contributed by atoms with Gasteiger partial charge in [0.1, 0.15) is 0 Å². The number of rotatable bonds is 8. The maximum absolute atomic E-state index is 12.8. The molecule has 1 aliphatic heterocycles. The number of nitrogens with one attached hydrogen (secondary N) is 3. The van der Waals surface area contributed by atoms with Crippen molar-refractivity contribution < 1.29 is 4.79 Å². The first-order valence-corrected chi connectivity index (χ1v) is 16.1. The minimum atomic E-state index is -0.238. The number of carbonyl (C=O) groups excluding carboxylic acids is 1. The molecule has 2 unspecified atom stereocenters. The smallest absolute Gasteiger partial charge is 0.323 e. The summed E-state index contributed by atoms with van der Waals surface area (Å²) in [5.74, 6) is 1.29. The fourth-order valence-corrected chi connectivity index (χ4v) is 6.73. The van der Waals surface area contributed by atoms with Crippen LogP contribution >= 0.6 is 0 Å². The van der Waals surface area contributed by atoms with Crippen molar-refractivity contribution in [2.45, 2.75) is 25.2 Å². The maximum atomic E-state index is 12.8. The van der Waals surface area contributed by atoms with Crippen molar-refractivity contribution >= 4 is 17.7 Å². The molecule has 8 heteroatoms. The zero-order valence-corrected chi connectivity index (χ0v) is 25.9. The first kappa shape index (κ1) is 29.2. The highest BCUT2D eigenvalue weighted by Gasteiger charge is 2.27. The number of piperazine rings is 1. The molecule has 4 aliphatic rings. The second-order valence-electron chi connectivity index (χ2n) is 12.4. The minimum absolute atomic E-state index is 0.187. The molecule has 2 aromatic carbocycles. The number of urea groups is 1. The molecule has 230 valence electrons. The Morgan fingerprint density at radius 3 is 2.71 bits per heavy atom. The molecule has 3 aliphatic carbocycles. The number of nitrogens with zero attached hydrogens (tertiary/aromatic N) is 4. The van der Waals surface area contributed by atoms with Gasteiger partial charge in [-0.05, 0) is 73.3 Å². The van der Waals surface area contributed by atoms with E-state index in [1.165, 1.54) is 16.7 Å². The summed E-state index contributed by atoms with van der Waals surface area (Å²) in [7, 11) is 2.19. The molecule has 0 radical (unpaired) electrons. The largest absolute Gasteiger partial charge is 0.354 e. The Hall–Kier alpha value is -4.53. The van der Waals surface area contributed by atoms with Gasteiger partial charge in [0, 0.05) is 67.7 Å². The van der Waals surface area contributed by atoms with Crippen LogP contribution < -0.4 is 16.0 Å². The predicted molar refractivity (Wildman–Crippen MR) is 181 cm³/mol. The number of hydrogen-bond donors (Lipinski definition) is 3. The average molecular weight is 600 g/mol. The molecule has 0 bridgehead atoms. The number of likely N-dealkylation sites (N-methyl/N-ethyl adjacent to an activating group) is 1. The van der Waals surface area contributed by atoms with Crippen LogP contribution in [0, 0.1) is 5.92 Å². The lowest BCUT2D eigenvalue weighted by molar-refractivity contribution is 0.154. The van der Waals surface area contributed by atoms with Gasteiger partial charge < -0.3 is 25.8 Å². The highest BCUT2D eigenvalue weighted by Crippen LogP contribution is 2.42. The minimum Gasteiger partial charge on any atom is -0.354 e. The summed E-state index contributed by atoms with van der Waals surface area (Å²) < 4.78 is 0. The molecule has 2 heterocycles. The van der Waals surface area contributed by atoms with E-state index in [9.17, 15) is 4.79 Å². The van der Waals surface area contributed by atoms with Gasteiger partial charge in [0.15, 0.2) is 0 Å². The summed E-state index contributed by atoms with van der Waals surface area (Å²) in [4.78, 5) is 27.4. The molecule has 8 nitrogen and oxygen atoms in total. The Morgan fingerprint density at radius 2 is 1.84 bits per heavy atom. The monoisotopic (exact) mass is 599 g/mol. The molecule has 1 aromatic heterocycles. The zero-order valence-electron chi connectivity index (χ0n) is 25.9. The number of amides is 2. The summed E-state index contributed by atoms with van der Waals surface area (Å²) in [6.45, 7) is 6.54. The number of carbonyl (C=O) groups is 1. The van der Waals surface area contributed by atoms with E-state index in [-0.39, 0.29) is 11.9 Å². The fraction of sp³-hybridized carbons (Fsp3) is 0.324. The first-order valence-electron chi connectivity index (χ1n) is 16.1. The number of anilines is 2. The molecule has 3 aromatic rings. The number of fused-ring (bicyclic) bond motifs is 4. The van der Waals surface area contributed by atoms with Crippen molar-refractivity contribution in [2.75, 3.05) is 56.9 Å². The second kappa shape index (κ2) is 13.2. The second-order valence-corrected chi connectivity index (χ2v) is 12.4. The molecule has 0 saturated carbocycles. The molecule has 7 rings (SSSR count). The van der Waals surface area contributed by atoms with Crippen LogP contribution in [0.15, 0.2) is 102 Å². The predicted octanol–water partition coefficient (Wildman–Crippen LogP) is 5.96. The molecule has 1 saturated heterocycles. The molecular formula is C37H41N7O. The SMILES string of the molecule is CN1CCN(CCCNc2ncc3c(n2)-c2ccccc2C(c2ccc(NC(=O)NC4=CCC5C=CC=CC5=C4)cc2)C3)CC1. The third kappa shape index (κ3) is 6.77. The highest BCUT2D eigenvalue weighted by atomic mass is 16.2. The topological polar surface area (TPSA) is 85.4 Å². The van der Waals surface area contributed by atoms with E-state index in [0.29, 0.717) is 11.9 Å². The first-order chi connectivity index (χ1) is 22.1. The summed E-state index contributed by atoms with van der Waals surface area (Å²) >= 11 is 0. The fourth-order valence-electron chi connectivity index (χ4n) is 6.73. The van der Waals surface area contributed by atoms with Crippen LogP contribution in [0.1, 0.15) is 35.4 Å². The molecule has 0 spiro atoms. The normalized spacial score (nSPS) is 20.7. The molecular weight excluding hydrogens is 558 g/mol. The van der Waals surface area contributed by atoms with Gasteiger partial charge in [-0.1, -0.05) is 66.8 Å². The van der Waals surface area contributed by atoms with Gasteiger partial charge in [0.25, 0.3) is 0 Å². The molecule has 45 heavy (non-hydrogen) atoms. The van der Waals surface area contributed by atoms with Crippen molar-refractivity contribution in [1.29, 1.82) is 0 Å². The summed E-state index contributed by atoms with van der Waals surface area (Å²) in [6, 6.07) is 16.5. The van der Waals surface area contributed by atoms with Crippen LogP contribution in [0.2, 0.25) is 0 Å². The lowest BCUT2D eigenvalue weighted by Crippen LogP contribution is -2.44. The quantitative estimate of drug-likeness (QED) is 0.277. The standard InChI is InChI=1S/C37H41N7O/c1-43-19-21-44(22-20-43)18-6-17-38-36-39-25-29-24-34(32-9-4-5-10-33(32)35(29)42-36)27-12-14-30(15-13-27)40-37(45)41-31-16-11-26-7-2-3-8-28(26)23-31/h2-5,7-10,12-16,23,25-26,34H,6,11,17-22,24H2,1H3,(H,38,39,42)(H2,40,41,45). The van der Waals surface area contributed by atoms with Crippen LogP contribution in [0.3, 0.4) is 0 Å². The van der Waals surface area contributed by atoms with Gasteiger partial charge in [0.2, 0.25) is 5.95 Å². The van der Waals surface area contributed by atoms with E-state index in [1.54, 1.807) is 0 Å². The number of hydrogen-bond acceptors (Lipinski definition) is 6. The van der Waals surface area contributed by atoms with Crippen LogP contribution in [-0.2, 0) is 6.42 Å². The van der Waals surface area contributed by atoms with Crippen LogP contribution in [0.25, 0.3) is 11.3 Å². The lowest BCUT2D eigenvalue weighted by Gasteiger charge is -2.32. The molecule has 2 amide bonds. The van der Waals surface area contributed by atoms with E-state index >= 15 is 0 Å². The van der Waals surface area contributed by atoms with Gasteiger partial charge in [-0.15, -0.1) is 0 Å². The molecule has 1 fully saturated rings. The van der Waals surface area contributed by atoms with Gasteiger partial charge in [-0.25, -0.2) is 14.8 Å². The van der Waals surface area contributed by atoms with E-state index in [4.69, 9.17) is 9.97 Å². The van der Waals surface area contributed by atoms with Crippen molar-refractivity contribution in [2.24, 2.45) is 5.92 Å². The Bertz CT molecular complexity index is 1660. The van der Waals surface area contributed by atoms with Gasteiger partial charge >= 0.3 is 6.03 Å². The number of allylic oxidation sites excluding steroid dienone is 7.